The molecule has 0 aliphatic heterocycles. The van der Waals surface area contributed by atoms with E-state index in [1.807, 2.05) is 25.7 Å². The molecule has 5 heteroatoms. The fourth-order valence-corrected chi connectivity index (χ4v) is 3.92. The van der Waals surface area contributed by atoms with Gasteiger partial charge in [-0.25, -0.2) is 0 Å². The van der Waals surface area contributed by atoms with E-state index in [2.05, 4.69) is 17.3 Å². The fraction of sp³-hybridized carbons (Fsp3) is 0.714. The van der Waals surface area contributed by atoms with Gasteiger partial charge in [0.05, 0.1) is 11.3 Å². The largest absolute Gasteiger partial charge is 0.349 e. The minimum atomic E-state index is 0.0257. The average molecular weight is 281 g/mol. The van der Waals surface area contributed by atoms with Crippen molar-refractivity contribution >= 4 is 17.7 Å². The van der Waals surface area contributed by atoms with Gasteiger partial charge in [0.15, 0.2) is 0 Å². The van der Waals surface area contributed by atoms with Gasteiger partial charge in [-0.1, -0.05) is 13.3 Å². The normalized spacial score (nSPS) is 23.3. The second-order valence-corrected chi connectivity index (χ2v) is 6.79. The zero-order valence-corrected chi connectivity index (χ0v) is 12.8. The van der Waals surface area contributed by atoms with E-state index in [0.29, 0.717) is 16.9 Å². The molecule has 1 saturated carbocycles. The molecule has 1 aromatic rings. The van der Waals surface area contributed by atoms with E-state index in [9.17, 15) is 4.79 Å². The Morgan fingerprint density at radius 2 is 2.37 bits per heavy atom. The molecule has 106 valence electrons. The van der Waals surface area contributed by atoms with Gasteiger partial charge < -0.3 is 5.32 Å². The number of thioether (sulfide) groups is 1. The second kappa shape index (κ2) is 6.46. The number of carbonyl (C=O) groups excluding carboxylic acids is 1. The Labute approximate surface area is 119 Å². The fourth-order valence-electron chi connectivity index (χ4n) is 2.75. The molecule has 1 aromatic heterocycles. The molecular formula is C14H23N3OS. The van der Waals surface area contributed by atoms with Crippen LogP contribution in [0.2, 0.25) is 0 Å². The number of hydrogen-bond acceptors (Lipinski definition) is 3. The number of nitrogens with zero attached hydrogens (tertiary/aromatic N) is 2. The van der Waals surface area contributed by atoms with Crippen LogP contribution in [0.15, 0.2) is 6.20 Å². The molecule has 19 heavy (non-hydrogen) atoms. The Morgan fingerprint density at radius 1 is 1.58 bits per heavy atom. The summed E-state index contributed by atoms with van der Waals surface area (Å²) in [7, 11) is 1.85. The van der Waals surface area contributed by atoms with Crippen LogP contribution in [0.5, 0.6) is 0 Å². The predicted molar refractivity (Wildman–Crippen MR) is 79.6 cm³/mol. The molecule has 2 atom stereocenters. The molecule has 1 fully saturated rings. The molecule has 0 radical (unpaired) electrons. The maximum Gasteiger partial charge on any atom is 0.254 e. The summed E-state index contributed by atoms with van der Waals surface area (Å²) in [6.45, 7) is 4.08. The van der Waals surface area contributed by atoms with Crippen molar-refractivity contribution in [3.8, 4) is 0 Å². The van der Waals surface area contributed by atoms with Crippen LogP contribution in [0.4, 0.5) is 0 Å². The van der Waals surface area contributed by atoms with Gasteiger partial charge in [-0.2, -0.15) is 16.9 Å². The lowest BCUT2D eigenvalue weighted by Crippen LogP contribution is -2.39. The van der Waals surface area contributed by atoms with Crippen LogP contribution >= 0.6 is 11.8 Å². The number of nitrogens with one attached hydrogen (secondary N) is 1. The van der Waals surface area contributed by atoms with E-state index in [-0.39, 0.29) is 5.91 Å². The van der Waals surface area contributed by atoms with Gasteiger partial charge in [-0.3, -0.25) is 9.48 Å². The summed E-state index contributed by atoms with van der Waals surface area (Å²) in [5.41, 5.74) is 1.50. The van der Waals surface area contributed by atoms with Crippen LogP contribution < -0.4 is 5.32 Å². The molecule has 1 N–H and O–H groups in total. The molecule has 1 aliphatic rings. The zero-order valence-electron chi connectivity index (χ0n) is 12.0. The summed E-state index contributed by atoms with van der Waals surface area (Å²) in [5.74, 6) is 1.19. The zero-order chi connectivity index (χ0) is 13.8. The molecule has 0 spiro atoms. The molecule has 0 unspecified atom stereocenters. The van der Waals surface area contributed by atoms with Crippen molar-refractivity contribution in [3.05, 3.63) is 17.5 Å². The maximum atomic E-state index is 12.2. The van der Waals surface area contributed by atoms with Crippen LogP contribution in [0.25, 0.3) is 0 Å². The molecule has 1 heterocycles. The average Bonchev–Trinajstić information content (AvgIpc) is 2.69. The number of aryl methyl sites for hydroxylation is 2. The Morgan fingerprint density at radius 3 is 3.00 bits per heavy atom. The number of hydrogen-bond donors (Lipinski definition) is 1. The van der Waals surface area contributed by atoms with Crippen LogP contribution in [0.1, 0.15) is 48.7 Å². The maximum absolute atomic E-state index is 12.2. The number of carbonyl (C=O) groups is 1. The molecule has 1 aliphatic carbocycles. The summed E-state index contributed by atoms with van der Waals surface area (Å²) in [5, 5.41) is 8.10. The highest BCUT2D eigenvalue weighted by Crippen LogP contribution is 2.28. The summed E-state index contributed by atoms with van der Waals surface area (Å²) < 4.78 is 1.70. The molecule has 0 bridgehead atoms. The van der Waals surface area contributed by atoms with Gasteiger partial charge in [0.2, 0.25) is 0 Å². The van der Waals surface area contributed by atoms with E-state index < -0.39 is 0 Å². The standard InChI is InChI=1S/C14H23N3OS/c1-4-19-12-7-5-6-11(8-12)15-14(18)13-9-17(3)16-10(13)2/h9,11-12H,4-8H2,1-3H3,(H,15,18)/t11-,12-/m1/s1. The highest BCUT2D eigenvalue weighted by molar-refractivity contribution is 7.99. The van der Waals surface area contributed by atoms with Gasteiger partial charge in [0.25, 0.3) is 5.91 Å². The first-order valence-electron chi connectivity index (χ1n) is 7.02. The Hall–Kier alpha value is -0.970. The van der Waals surface area contributed by atoms with Crippen LogP contribution in [0.3, 0.4) is 0 Å². The van der Waals surface area contributed by atoms with E-state index in [1.165, 1.54) is 12.8 Å². The van der Waals surface area contributed by atoms with E-state index in [0.717, 1.165) is 24.3 Å². The quantitative estimate of drug-likeness (QED) is 0.922. The van der Waals surface area contributed by atoms with Crippen molar-refractivity contribution in [1.29, 1.82) is 0 Å². The third-order valence-electron chi connectivity index (χ3n) is 3.62. The minimum Gasteiger partial charge on any atom is -0.349 e. The van der Waals surface area contributed by atoms with Gasteiger partial charge in [0.1, 0.15) is 0 Å². The minimum absolute atomic E-state index is 0.0257. The summed E-state index contributed by atoms with van der Waals surface area (Å²) in [4.78, 5) is 12.2. The van der Waals surface area contributed by atoms with Gasteiger partial charge >= 0.3 is 0 Å². The van der Waals surface area contributed by atoms with E-state index in [1.54, 1.807) is 10.9 Å². The lowest BCUT2D eigenvalue weighted by molar-refractivity contribution is 0.0928. The Kier molecular flexibility index (Phi) is 4.91. The van der Waals surface area contributed by atoms with Crippen molar-refractivity contribution in [3.63, 3.8) is 0 Å². The first-order valence-corrected chi connectivity index (χ1v) is 8.07. The molecule has 0 saturated heterocycles. The molecule has 4 nitrogen and oxygen atoms in total. The first-order chi connectivity index (χ1) is 9.10. The first kappa shape index (κ1) is 14.4. The van der Waals surface area contributed by atoms with E-state index >= 15 is 0 Å². The van der Waals surface area contributed by atoms with E-state index in [4.69, 9.17) is 0 Å². The highest BCUT2D eigenvalue weighted by Gasteiger charge is 2.24. The van der Waals surface area contributed by atoms with Gasteiger partial charge in [0, 0.05) is 24.5 Å². The van der Waals surface area contributed by atoms with Crippen molar-refractivity contribution in [2.24, 2.45) is 7.05 Å². The predicted octanol–water partition coefficient (Wildman–Crippen LogP) is 2.52. The number of amides is 1. The summed E-state index contributed by atoms with van der Waals surface area (Å²) in [6, 6.07) is 0.324. The SMILES string of the molecule is CCS[C@@H]1CCC[C@@H](NC(=O)c2cn(C)nc2C)C1. The van der Waals surface area contributed by atoms with Crippen LogP contribution in [0, 0.1) is 6.92 Å². The third kappa shape index (κ3) is 3.75. The molecule has 1 amide bonds. The van der Waals surface area contributed by atoms with Gasteiger partial charge in [-0.05, 0) is 31.9 Å². The Balaban J connectivity index is 1.93. The van der Waals surface area contributed by atoms with Crippen molar-refractivity contribution in [2.45, 2.75) is 50.8 Å². The topological polar surface area (TPSA) is 46.9 Å². The monoisotopic (exact) mass is 281 g/mol. The second-order valence-electron chi connectivity index (χ2n) is 5.22. The van der Waals surface area contributed by atoms with Crippen LogP contribution in [-0.4, -0.2) is 32.7 Å². The van der Waals surface area contributed by atoms with Crippen molar-refractivity contribution < 1.29 is 4.79 Å². The van der Waals surface area contributed by atoms with Gasteiger partial charge in [-0.15, -0.1) is 0 Å². The van der Waals surface area contributed by atoms with Crippen molar-refractivity contribution in [2.75, 3.05) is 5.75 Å². The highest BCUT2D eigenvalue weighted by atomic mass is 32.2. The number of rotatable bonds is 4. The summed E-state index contributed by atoms with van der Waals surface area (Å²) in [6.07, 6.45) is 6.51. The van der Waals surface area contributed by atoms with Crippen LogP contribution in [-0.2, 0) is 7.05 Å². The smallest absolute Gasteiger partial charge is 0.254 e. The number of aromatic nitrogens is 2. The molecule has 2 rings (SSSR count). The third-order valence-corrected chi connectivity index (χ3v) is 4.85. The van der Waals surface area contributed by atoms with Crippen molar-refractivity contribution in [1.82, 2.24) is 15.1 Å². The lowest BCUT2D eigenvalue weighted by Gasteiger charge is -2.29. The lowest BCUT2D eigenvalue weighted by atomic mass is 9.94. The Bertz CT molecular complexity index is 442. The summed E-state index contributed by atoms with van der Waals surface area (Å²) >= 11 is 2.02. The molecule has 0 aromatic carbocycles. The molecular weight excluding hydrogens is 258 g/mol.